The summed E-state index contributed by atoms with van der Waals surface area (Å²) in [5.74, 6) is 0.805. The van der Waals surface area contributed by atoms with Crippen molar-refractivity contribution in [1.82, 2.24) is 9.88 Å². The van der Waals surface area contributed by atoms with E-state index in [0.29, 0.717) is 11.0 Å². The molecule has 4 nitrogen and oxygen atoms in total. The highest BCUT2D eigenvalue weighted by Gasteiger charge is 2.05. The molecule has 3 N–H and O–H groups in total. The van der Waals surface area contributed by atoms with Crippen LogP contribution in [0.3, 0.4) is 0 Å². The third kappa shape index (κ3) is 4.12. The van der Waals surface area contributed by atoms with Crippen molar-refractivity contribution in [2.75, 3.05) is 26.0 Å². The van der Waals surface area contributed by atoms with E-state index in [4.69, 9.17) is 18.0 Å². The van der Waals surface area contributed by atoms with Crippen LogP contribution in [-0.2, 0) is 0 Å². The van der Waals surface area contributed by atoms with Gasteiger partial charge in [-0.25, -0.2) is 4.98 Å². The number of rotatable bonds is 5. The van der Waals surface area contributed by atoms with Crippen LogP contribution in [0.25, 0.3) is 0 Å². The number of thiocarbonyl (C=S) groups is 1. The molecule has 0 radical (unpaired) electrons. The van der Waals surface area contributed by atoms with Crippen molar-refractivity contribution >= 4 is 23.0 Å². The Morgan fingerprint density at radius 3 is 2.88 bits per heavy atom. The summed E-state index contributed by atoms with van der Waals surface area (Å²) < 4.78 is 0. The minimum Gasteiger partial charge on any atom is -0.389 e. The Balaban J connectivity index is 2.66. The predicted octanol–water partition coefficient (Wildman–Crippen LogP) is 1.08. The molecule has 16 heavy (non-hydrogen) atoms. The van der Waals surface area contributed by atoms with Crippen LogP contribution < -0.4 is 11.1 Å². The highest BCUT2D eigenvalue weighted by atomic mass is 32.1. The van der Waals surface area contributed by atoms with Crippen LogP contribution in [0.5, 0.6) is 0 Å². The lowest BCUT2D eigenvalue weighted by Crippen LogP contribution is -2.30. The van der Waals surface area contributed by atoms with Gasteiger partial charge in [-0.2, -0.15) is 0 Å². The van der Waals surface area contributed by atoms with Crippen molar-refractivity contribution in [3.05, 3.63) is 23.9 Å². The molecule has 1 heterocycles. The second-order valence-electron chi connectivity index (χ2n) is 4.10. The van der Waals surface area contributed by atoms with Gasteiger partial charge in [0.25, 0.3) is 0 Å². The Morgan fingerprint density at radius 2 is 2.31 bits per heavy atom. The molecule has 1 rings (SSSR count). The molecule has 0 aliphatic heterocycles. The van der Waals surface area contributed by atoms with Gasteiger partial charge >= 0.3 is 0 Å². The van der Waals surface area contributed by atoms with E-state index in [1.165, 1.54) is 0 Å². The summed E-state index contributed by atoms with van der Waals surface area (Å²) >= 11 is 4.92. The number of anilines is 1. The first-order chi connectivity index (χ1) is 7.49. The molecule has 0 saturated carbocycles. The maximum absolute atomic E-state index is 5.56. The van der Waals surface area contributed by atoms with E-state index in [-0.39, 0.29) is 0 Å². The largest absolute Gasteiger partial charge is 0.389 e. The molecule has 0 aliphatic rings. The van der Waals surface area contributed by atoms with E-state index >= 15 is 0 Å². The fourth-order valence-electron chi connectivity index (χ4n) is 1.51. The van der Waals surface area contributed by atoms with Crippen molar-refractivity contribution in [3.63, 3.8) is 0 Å². The van der Waals surface area contributed by atoms with Gasteiger partial charge in [-0.05, 0) is 33.2 Å². The lowest BCUT2D eigenvalue weighted by molar-refractivity contribution is 0.392. The number of aromatic nitrogens is 1. The van der Waals surface area contributed by atoms with Gasteiger partial charge in [0.1, 0.15) is 10.8 Å². The van der Waals surface area contributed by atoms with E-state index in [1.807, 2.05) is 26.2 Å². The molecule has 0 aromatic carbocycles. The second-order valence-corrected chi connectivity index (χ2v) is 4.54. The molecule has 1 aromatic rings. The molecule has 1 unspecified atom stereocenters. The van der Waals surface area contributed by atoms with Crippen LogP contribution in [0.1, 0.15) is 12.5 Å². The summed E-state index contributed by atoms with van der Waals surface area (Å²) in [6.45, 7) is 3.05. The Morgan fingerprint density at radius 1 is 1.62 bits per heavy atom. The normalized spacial score (nSPS) is 12.5. The summed E-state index contributed by atoms with van der Waals surface area (Å²) in [7, 11) is 4.08. The zero-order valence-corrected chi connectivity index (χ0v) is 10.7. The molecule has 1 aromatic heterocycles. The zero-order valence-electron chi connectivity index (χ0n) is 9.90. The lowest BCUT2D eigenvalue weighted by atomic mass is 10.2. The van der Waals surface area contributed by atoms with E-state index in [9.17, 15) is 0 Å². The topological polar surface area (TPSA) is 54.2 Å². The third-order valence-electron chi connectivity index (χ3n) is 2.08. The van der Waals surface area contributed by atoms with Gasteiger partial charge in [0.2, 0.25) is 0 Å². The van der Waals surface area contributed by atoms with Gasteiger partial charge < -0.3 is 16.0 Å². The number of nitrogens with one attached hydrogen (secondary N) is 1. The third-order valence-corrected chi connectivity index (χ3v) is 2.31. The minimum absolute atomic E-state index is 0.323. The highest BCUT2D eigenvalue weighted by Crippen LogP contribution is 2.08. The molecular formula is C11H18N4S. The van der Waals surface area contributed by atoms with Crippen LogP contribution in [0.4, 0.5) is 5.82 Å². The summed E-state index contributed by atoms with van der Waals surface area (Å²) in [5, 5.41) is 3.30. The first-order valence-corrected chi connectivity index (χ1v) is 5.57. The smallest absolute Gasteiger partial charge is 0.126 e. The van der Waals surface area contributed by atoms with Gasteiger partial charge in [0.05, 0.1) is 0 Å². The summed E-state index contributed by atoms with van der Waals surface area (Å²) in [5.41, 5.74) is 6.40. The van der Waals surface area contributed by atoms with Crippen LogP contribution in [0.2, 0.25) is 0 Å². The van der Waals surface area contributed by atoms with E-state index in [0.717, 1.165) is 17.9 Å². The van der Waals surface area contributed by atoms with Crippen LogP contribution in [-0.4, -0.2) is 41.6 Å². The van der Waals surface area contributed by atoms with E-state index in [1.54, 1.807) is 6.20 Å². The maximum Gasteiger partial charge on any atom is 0.126 e. The molecule has 0 fully saturated rings. The summed E-state index contributed by atoms with van der Waals surface area (Å²) in [6, 6.07) is 4.00. The second kappa shape index (κ2) is 5.77. The number of nitrogens with zero attached hydrogens (tertiary/aromatic N) is 2. The van der Waals surface area contributed by atoms with Gasteiger partial charge in [-0.3, -0.25) is 0 Å². The average molecular weight is 238 g/mol. The Bertz CT molecular complexity index is 365. The highest BCUT2D eigenvalue weighted by molar-refractivity contribution is 7.80. The van der Waals surface area contributed by atoms with Crippen molar-refractivity contribution in [1.29, 1.82) is 0 Å². The van der Waals surface area contributed by atoms with Crippen LogP contribution in [0, 0.1) is 0 Å². The monoisotopic (exact) mass is 238 g/mol. The molecule has 1 atom stereocenters. The van der Waals surface area contributed by atoms with Gasteiger partial charge in [0, 0.05) is 24.3 Å². The van der Waals surface area contributed by atoms with Crippen molar-refractivity contribution in [3.8, 4) is 0 Å². The van der Waals surface area contributed by atoms with Gasteiger partial charge in [-0.15, -0.1) is 0 Å². The first-order valence-electron chi connectivity index (χ1n) is 5.16. The van der Waals surface area contributed by atoms with Crippen molar-refractivity contribution in [2.45, 2.75) is 13.0 Å². The van der Waals surface area contributed by atoms with Crippen LogP contribution >= 0.6 is 12.2 Å². The number of nitrogens with two attached hydrogens (primary N) is 1. The Labute approximate surface area is 102 Å². The zero-order chi connectivity index (χ0) is 12.1. The Kier molecular flexibility index (Phi) is 4.64. The van der Waals surface area contributed by atoms with E-state index < -0.39 is 0 Å². The average Bonchev–Trinajstić information content (AvgIpc) is 2.16. The van der Waals surface area contributed by atoms with Crippen LogP contribution in [0.15, 0.2) is 18.3 Å². The number of hydrogen-bond acceptors (Lipinski definition) is 4. The molecule has 0 amide bonds. The van der Waals surface area contributed by atoms with Crippen molar-refractivity contribution in [2.24, 2.45) is 5.73 Å². The Hall–Kier alpha value is -1.20. The molecule has 88 valence electrons. The first kappa shape index (κ1) is 12.9. The summed E-state index contributed by atoms with van der Waals surface area (Å²) in [4.78, 5) is 6.74. The van der Waals surface area contributed by atoms with Gasteiger partial charge in [-0.1, -0.05) is 12.2 Å². The number of hydrogen-bond donors (Lipinski definition) is 2. The molecule has 0 saturated heterocycles. The molecule has 0 bridgehead atoms. The fraction of sp³-hybridized carbons (Fsp3) is 0.455. The van der Waals surface area contributed by atoms with Crippen molar-refractivity contribution < 1.29 is 0 Å². The maximum atomic E-state index is 5.56. The quantitative estimate of drug-likeness (QED) is 0.752. The number of likely N-dealkylation sites (N-methyl/N-ethyl adjacent to an activating group) is 1. The molecule has 0 aliphatic carbocycles. The summed E-state index contributed by atoms with van der Waals surface area (Å²) in [6.07, 6.45) is 1.71. The molecule has 5 heteroatoms. The lowest BCUT2D eigenvalue weighted by Gasteiger charge is -2.18. The van der Waals surface area contributed by atoms with Gasteiger partial charge in [0.15, 0.2) is 0 Å². The fourth-order valence-corrected chi connectivity index (χ4v) is 1.64. The number of pyridine rings is 1. The van der Waals surface area contributed by atoms with E-state index in [2.05, 4.69) is 22.1 Å². The SMILES string of the molecule is CC(CN(C)C)Nc1cc(C(N)=S)ccn1. The minimum atomic E-state index is 0.323. The molecular weight excluding hydrogens is 220 g/mol. The molecule has 0 spiro atoms. The predicted molar refractivity (Wildman–Crippen MR) is 71.8 cm³/mol. The standard InChI is InChI=1S/C11H18N4S/c1-8(7-15(2)3)14-10-6-9(11(12)16)4-5-13-10/h4-6,8H,7H2,1-3H3,(H2,12,16)(H,13,14).